The summed E-state index contributed by atoms with van der Waals surface area (Å²) in [6, 6.07) is 7.36. The van der Waals surface area contributed by atoms with Crippen molar-refractivity contribution in [1.29, 1.82) is 0 Å². The largest absolute Gasteiger partial charge is 0.355 e. The molecule has 0 bridgehead atoms. The van der Waals surface area contributed by atoms with E-state index in [9.17, 15) is 9.59 Å². The molecule has 0 saturated carbocycles. The molecule has 0 radical (unpaired) electrons. The molecule has 1 heterocycles. The number of carbonyl (C=O) groups excluding carboxylic acids is 2. The number of benzene rings is 1. The van der Waals surface area contributed by atoms with Crippen LogP contribution in [0, 0.1) is 0 Å². The van der Waals surface area contributed by atoms with Gasteiger partial charge in [-0.05, 0) is 11.6 Å². The first-order valence-corrected chi connectivity index (χ1v) is 6.28. The fraction of sp³-hybridized carbons (Fsp3) is 0.385. The van der Waals surface area contributed by atoms with Crippen molar-refractivity contribution < 1.29 is 9.59 Å². The van der Waals surface area contributed by atoms with Crippen LogP contribution in [0.1, 0.15) is 22.3 Å². The number of nitrogens with two attached hydrogens (primary N) is 1. The van der Waals surface area contributed by atoms with Crippen molar-refractivity contribution >= 4 is 11.8 Å². The van der Waals surface area contributed by atoms with Gasteiger partial charge in [0, 0.05) is 38.2 Å². The Hall–Kier alpha value is -1.92. The minimum atomic E-state index is -0.292. The van der Waals surface area contributed by atoms with Gasteiger partial charge in [-0.2, -0.15) is 0 Å². The molecule has 0 spiro atoms. The normalized spacial score (nSPS) is 16.6. The second-order valence-electron chi connectivity index (χ2n) is 4.51. The molecular weight excluding hydrogens is 244 g/mol. The zero-order valence-corrected chi connectivity index (χ0v) is 10.7. The SMILES string of the molecule is NNC(=O)c1ccccc1CN1CCNC(=O)CC1. The van der Waals surface area contributed by atoms with E-state index in [1.165, 1.54) is 0 Å². The maximum atomic E-state index is 11.7. The van der Waals surface area contributed by atoms with Crippen LogP contribution >= 0.6 is 0 Å². The molecule has 0 atom stereocenters. The Morgan fingerprint density at radius 1 is 1.37 bits per heavy atom. The maximum Gasteiger partial charge on any atom is 0.265 e. The van der Waals surface area contributed by atoms with Crippen LogP contribution in [0.5, 0.6) is 0 Å². The van der Waals surface area contributed by atoms with Crippen LogP contribution in [-0.2, 0) is 11.3 Å². The molecule has 102 valence electrons. The van der Waals surface area contributed by atoms with Crippen LogP contribution in [0.3, 0.4) is 0 Å². The van der Waals surface area contributed by atoms with E-state index < -0.39 is 0 Å². The van der Waals surface area contributed by atoms with E-state index >= 15 is 0 Å². The number of hydrazine groups is 1. The first-order valence-electron chi connectivity index (χ1n) is 6.28. The molecular formula is C13H18N4O2. The Balaban J connectivity index is 2.10. The van der Waals surface area contributed by atoms with E-state index in [0.29, 0.717) is 31.6 Å². The van der Waals surface area contributed by atoms with Crippen LogP contribution in [-0.4, -0.2) is 36.3 Å². The van der Waals surface area contributed by atoms with Gasteiger partial charge in [-0.25, -0.2) is 5.84 Å². The first-order chi connectivity index (χ1) is 9.20. The van der Waals surface area contributed by atoms with Gasteiger partial charge in [0.15, 0.2) is 0 Å². The third-order valence-electron chi connectivity index (χ3n) is 3.19. The van der Waals surface area contributed by atoms with Gasteiger partial charge in [-0.3, -0.25) is 19.9 Å². The van der Waals surface area contributed by atoms with Gasteiger partial charge >= 0.3 is 0 Å². The van der Waals surface area contributed by atoms with Crippen LogP contribution in [0.15, 0.2) is 24.3 Å². The third kappa shape index (κ3) is 3.52. The van der Waals surface area contributed by atoms with Crippen molar-refractivity contribution in [3.63, 3.8) is 0 Å². The number of rotatable bonds is 3. The fourth-order valence-corrected chi connectivity index (χ4v) is 2.17. The molecule has 1 aromatic rings. The maximum absolute atomic E-state index is 11.7. The van der Waals surface area contributed by atoms with E-state index in [1.54, 1.807) is 6.07 Å². The summed E-state index contributed by atoms with van der Waals surface area (Å²) < 4.78 is 0. The predicted octanol–water partition coefficient (Wildman–Crippen LogP) is -0.388. The standard InChI is InChI=1S/C13H18N4O2/c14-16-13(19)11-4-2-1-3-10(11)9-17-7-5-12(18)15-6-8-17/h1-4H,5-9,14H2,(H,15,18)(H,16,19). The van der Waals surface area contributed by atoms with Crippen molar-refractivity contribution in [2.45, 2.75) is 13.0 Å². The quantitative estimate of drug-likeness (QED) is 0.393. The summed E-state index contributed by atoms with van der Waals surface area (Å²) in [5.74, 6) is 4.97. The van der Waals surface area contributed by atoms with Crippen molar-refractivity contribution in [3.05, 3.63) is 35.4 Å². The van der Waals surface area contributed by atoms with Gasteiger partial charge in [-0.15, -0.1) is 0 Å². The molecule has 1 saturated heterocycles. The van der Waals surface area contributed by atoms with Gasteiger partial charge in [0.2, 0.25) is 5.91 Å². The average Bonchev–Trinajstić information content (AvgIpc) is 2.63. The second kappa shape index (κ2) is 6.31. The summed E-state index contributed by atoms with van der Waals surface area (Å²) in [6.45, 7) is 2.76. The van der Waals surface area contributed by atoms with Crippen LogP contribution in [0.25, 0.3) is 0 Å². The monoisotopic (exact) mass is 262 g/mol. The molecule has 0 aliphatic carbocycles. The number of nitrogens with one attached hydrogen (secondary N) is 2. The third-order valence-corrected chi connectivity index (χ3v) is 3.19. The molecule has 1 aliphatic heterocycles. The van der Waals surface area contributed by atoms with Crippen molar-refractivity contribution in [2.24, 2.45) is 5.84 Å². The van der Waals surface area contributed by atoms with Crippen LogP contribution in [0.4, 0.5) is 0 Å². The average molecular weight is 262 g/mol. The van der Waals surface area contributed by atoms with Gasteiger partial charge in [0.25, 0.3) is 5.91 Å². The minimum absolute atomic E-state index is 0.0792. The second-order valence-corrected chi connectivity index (χ2v) is 4.51. The van der Waals surface area contributed by atoms with E-state index in [4.69, 9.17) is 5.84 Å². The van der Waals surface area contributed by atoms with Gasteiger partial charge in [0.1, 0.15) is 0 Å². The van der Waals surface area contributed by atoms with Crippen LogP contribution in [0.2, 0.25) is 0 Å². The molecule has 2 rings (SSSR count). The summed E-state index contributed by atoms with van der Waals surface area (Å²) in [6.07, 6.45) is 0.491. The number of hydrogen-bond donors (Lipinski definition) is 3. The summed E-state index contributed by atoms with van der Waals surface area (Å²) >= 11 is 0. The lowest BCUT2D eigenvalue weighted by atomic mass is 10.1. The van der Waals surface area contributed by atoms with Gasteiger partial charge < -0.3 is 5.32 Å². The van der Waals surface area contributed by atoms with Gasteiger partial charge in [-0.1, -0.05) is 18.2 Å². The van der Waals surface area contributed by atoms with Crippen LogP contribution < -0.4 is 16.6 Å². The van der Waals surface area contributed by atoms with Crippen molar-refractivity contribution in [3.8, 4) is 0 Å². The fourth-order valence-electron chi connectivity index (χ4n) is 2.17. The number of nitrogens with zero attached hydrogens (tertiary/aromatic N) is 1. The molecule has 19 heavy (non-hydrogen) atoms. The van der Waals surface area contributed by atoms with E-state index in [0.717, 1.165) is 12.1 Å². The number of amides is 2. The Morgan fingerprint density at radius 2 is 2.16 bits per heavy atom. The number of carbonyl (C=O) groups is 2. The predicted molar refractivity (Wildman–Crippen MR) is 71.0 cm³/mol. The summed E-state index contributed by atoms with van der Waals surface area (Å²) in [4.78, 5) is 25.1. The van der Waals surface area contributed by atoms with Crippen molar-refractivity contribution in [2.75, 3.05) is 19.6 Å². The van der Waals surface area contributed by atoms with E-state index in [-0.39, 0.29) is 11.8 Å². The summed E-state index contributed by atoms with van der Waals surface area (Å²) in [7, 11) is 0. The Kier molecular flexibility index (Phi) is 4.48. The molecule has 1 aliphatic rings. The Morgan fingerprint density at radius 3 is 2.95 bits per heavy atom. The zero-order chi connectivity index (χ0) is 13.7. The highest BCUT2D eigenvalue weighted by molar-refractivity contribution is 5.95. The molecule has 6 heteroatoms. The highest BCUT2D eigenvalue weighted by atomic mass is 16.2. The minimum Gasteiger partial charge on any atom is -0.355 e. The first kappa shape index (κ1) is 13.5. The highest BCUT2D eigenvalue weighted by Crippen LogP contribution is 2.12. The molecule has 6 nitrogen and oxygen atoms in total. The molecule has 1 aromatic carbocycles. The molecule has 0 unspecified atom stereocenters. The highest BCUT2D eigenvalue weighted by Gasteiger charge is 2.16. The lowest BCUT2D eigenvalue weighted by Crippen LogP contribution is -2.32. The molecule has 4 N–H and O–H groups in total. The summed E-state index contributed by atoms with van der Waals surface area (Å²) in [5.41, 5.74) is 3.65. The van der Waals surface area contributed by atoms with Crippen molar-refractivity contribution in [1.82, 2.24) is 15.6 Å². The zero-order valence-electron chi connectivity index (χ0n) is 10.7. The van der Waals surface area contributed by atoms with Gasteiger partial charge in [0.05, 0.1) is 0 Å². The number of nitrogen functional groups attached to an aromatic ring is 1. The smallest absolute Gasteiger partial charge is 0.265 e. The molecule has 1 fully saturated rings. The Bertz CT molecular complexity index is 475. The molecule has 0 aromatic heterocycles. The van der Waals surface area contributed by atoms with E-state index in [2.05, 4.69) is 15.6 Å². The molecule has 2 amide bonds. The summed E-state index contributed by atoms with van der Waals surface area (Å²) in [5, 5.41) is 2.83. The lowest BCUT2D eigenvalue weighted by molar-refractivity contribution is -0.120. The van der Waals surface area contributed by atoms with E-state index in [1.807, 2.05) is 18.2 Å². The topological polar surface area (TPSA) is 87.5 Å². The number of hydrogen-bond acceptors (Lipinski definition) is 4. The lowest BCUT2D eigenvalue weighted by Gasteiger charge is -2.20. The Labute approximate surface area is 111 Å².